The predicted molar refractivity (Wildman–Crippen MR) is 91.2 cm³/mol. The van der Waals surface area contributed by atoms with E-state index in [0.29, 0.717) is 13.2 Å². The third-order valence-electron chi connectivity index (χ3n) is 3.46. The molecular weight excluding hydrogens is 290 g/mol. The first-order valence-electron chi connectivity index (χ1n) is 7.40. The van der Waals surface area contributed by atoms with E-state index in [-0.39, 0.29) is 0 Å². The number of nitrogens with one attached hydrogen (secondary N) is 1. The molecule has 3 aromatic rings. The van der Waals surface area contributed by atoms with Gasteiger partial charge in [0.15, 0.2) is 0 Å². The molecule has 118 valence electrons. The fourth-order valence-electron chi connectivity index (χ4n) is 2.31. The molecular formula is C18H19N3O2. The molecule has 0 aliphatic carbocycles. The third kappa shape index (κ3) is 3.70. The number of hydrogen-bond donors (Lipinski definition) is 2. The molecule has 0 saturated carbocycles. The quantitative estimate of drug-likeness (QED) is 0.541. The molecule has 23 heavy (non-hydrogen) atoms. The Morgan fingerprint density at radius 1 is 1.00 bits per heavy atom. The summed E-state index contributed by atoms with van der Waals surface area (Å²) in [5.74, 6) is 0.805. The van der Waals surface area contributed by atoms with Crippen LogP contribution in [0.3, 0.4) is 0 Å². The summed E-state index contributed by atoms with van der Waals surface area (Å²) in [6.45, 7) is 1.09. The van der Waals surface area contributed by atoms with Crippen molar-refractivity contribution in [3.8, 4) is 28.3 Å². The lowest BCUT2D eigenvalue weighted by molar-refractivity contribution is 0.146. The summed E-state index contributed by atoms with van der Waals surface area (Å²) in [5.41, 5.74) is 10.3. The highest BCUT2D eigenvalue weighted by Crippen LogP contribution is 2.27. The van der Waals surface area contributed by atoms with Crippen molar-refractivity contribution < 1.29 is 9.47 Å². The zero-order valence-corrected chi connectivity index (χ0v) is 13.0. The SMILES string of the molecule is COCCOc1cccc(-c2cc(-c3cccc(N)c3)n[nH]2)c1. The van der Waals surface area contributed by atoms with Crippen LogP contribution in [0.4, 0.5) is 5.69 Å². The van der Waals surface area contributed by atoms with Gasteiger partial charge in [-0.25, -0.2) is 0 Å². The second kappa shape index (κ2) is 6.98. The van der Waals surface area contributed by atoms with Crippen molar-refractivity contribution in [1.82, 2.24) is 10.2 Å². The summed E-state index contributed by atoms with van der Waals surface area (Å²) >= 11 is 0. The number of benzene rings is 2. The zero-order chi connectivity index (χ0) is 16.1. The monoisotopic (exact) mass is 309 g/mol. The molecule has 0 fully saturated rings. The van der Waals surface area contributed by atoms with Crippen LogP contribution in [0.1, 0.15) is 0 Å². The van der Waals surface area contributed by atoms with Crippen LogP contribution >= 0.6 is 0 Å². The molecule has 0 spiro atoms. The Balaban J connectivity index is 1.81. The molecule has 0 amide bonds. The van der Waals surface area contributed by atoms with E-state index < -0.39 is 0 Å². The third-order valence-corrected chi connectivity index (χ3v) is 3.46. The van der Waals surface area contributed by atoms with E-state index in [0.717, 1.165) is 34.0 Å². The number of aromatic nitrogens is 2. The highest BCUT2D eigenvalue weighted by Gasteiger charge is 2.07. The fourth-order valence-corrected chi connectivity index (χ4v) is 2.31. The van der Waals surface area contributed by atoms with Crippen molar-refractivity contribution in [2.45, 2.75) is 0 Å². The predicted octanol–water partition coefficient (Wildman–Crippen LogP) is 3.35. The Hall–Kier alpha value is -2.79. The number of anilines is 1. The highest BCUT2D eigenvalue weighted by atomic mass is 16.5. The summed E-state index contributed by atoms with van der Waals surface area (Å²) in [7, 11) is 1.66. The lowest BCUT2D eigenvalue weighted by Crippen LogP contribution is -2.04. The highest BCUT2D eigenvalue weighted by molar-refractivity contribution is 5.70. The molecule has 0 saturated heterocycles. The number of nitrogen functional groups attached to an aromatic ring is 1. The first kappa shape index (κ1) is 15.1. The zero-order valence-electron chi connectivity index (χ0n) is 13.0. The van der Waals surface area contributed by atoms with Gasteiger partial charge in [0.25, 0.3) is 0 Å². The van der Waals surface area contributed by atoms with Crippen LogP contribution in [0.25, 0.3) is 22.5 Å². The average Bonchev–Trinajstić information content (AvgIpc) is 3.06. The largest absolute Gasteiger partial charge is 0.491 e. The normalized spacial score (nSPS) is 10.7. The van der Waals surface area contributed by atoms with Crippen LogP contribution in [0, 0.1) is 0 Å². The van der Waals surface area contributed by atoms with E-state index >= 15 is 0 Å². The maximum atomic E-state index is 5.83. The Bertz CT molecular complexity index is 783. The Kier molecular flexibility index (Phi) is 4.59. The van der Waals surface area contributed by atoms with Crippen LogP contribution in [-0.4, -0.2) is 30.5 Å². The van der Waals surface area contributed by atoms with E-state index in [1.807, 2.05) is 54.6 Å². The molecule has 1 heterocycles. The summed E-state index contributed by atoms with van der Waals surface area (Å²) in [6.07, 6.45) is 0. The van der Waals surface area contributed by atoms with Gasteiger partial charge >= 0.3 is 0 Å². The second-order valence-corrected chi connectivity index (χ2v) is 5.16. The standard InChI is InChI=1S/C18H19N3O2/c1-22-8-9-23-16-7-3-5-14(11-16)18-12-17(20-21-18)13-4-2-6-15(19)10-13/h2-7,10-12H,8-9,19H2,1H3,(H,20,21). The Morgan fingerprint density at radius 3 is 2.65 bits per heavy atom. The van der Waals surface area contributed by atoms with Gasteiger partial charge in [0.2, 0.25) is 0 Å². The lowest BCUT2D eigenvalue weighted by Gasteiger charge is -2.06. The molecule has 5 heteroatoms. The van der Waals surface area contributed by atoms with Gasteiger partial charge in [-0.05, 0) is 30.3 Å². The molecule has 0 aliphatic heterocycles. The first-order chi connectivity index (χ1) is 11.3. The molecule has 0 radical (unpaired) electrons. The van der Waals surface area contributed by atoms with Crippen molar-refractivity contribution in [2.24, 2.45) is 0 Å². The van der Waals surface area contributed by atoms with Crippen LogP contribution in [-0.2, 0) is 4.74 Å². The van der Waals surface area contributed by atoms with Crippen molar-refractivity contribution in [3.05, 3.63) is 54.6 Å². The van der Waals surface area contributed by atoms with E-state index in [4.69, 9.17) is 15.2 Å². The number of H-pyrrole nitrogens is 1. The summed E-state index contributed by atoms with van der Waals surface area (Å²) in [6, 6.07) is 17.5. The minimum absolute atomic E-state index is 0.525. The number of aromatic amines is 1. The molecule has 0 atom stereocenters. The number of methoxy groups -OCH3 is 1. The Morgan fingerprint density at radius 2 is 1.83 bits per heavy atom. The van der Waals surface area contributed by atoms with Crippen LogP contribution in [0.15, 0.2) is 54.6 Å². The topological polar surface area (TPSA) is 73.2 Å². The number of ether oxygens (including phenoxy) is 2. The number of hydrogen-bond acceptors (Lipinski definition) is 4. The summed E-state index contributed by atoms with van der Waals surface area (Å²) in [4.78, 5) is 0. The molecule has 0 aliphatic rings. The minimum atomic E-state index is 0.525. The number of nitrogens with zero attached hydrogens (tertiary/aromatic N) is 1. The molecule has 2 aromatic carbocycles. The molecule has 5 nitrogen and oxygen atoms in total. The molecule has 0 unspecified atom stereocenters. The van der Waals surface area contributed by atoms with Gasteiger partial charge in [-0.15, -0.1) is 0 Å². The maximum absolute atomic E-state index is 5.83. The van der Waals surface area contributed by atoms with E-state index in [1.165, 1.54) is 0 Å². The average molecular weight is 309 g/mol. The molecule has 3 rings (SSSR count). The van der Waals surface area contributed by atoms with E-state index in [1.54, 1.807) is 7.11 Å². The van der Waals surface area contributed by atoms with Gasteiger partial charge in [-0.2, -0.15) is 5.10 Å². The van der Waals surface area contributed by atoms with Crippen molar-refractivity contribution in [3.63, 3.8) is 0 Å². The van der Waals surface area contributed by atoms with Gasteiger partial charge in [-0.3, -0.25) is 5.10 Å². The van der Waals surface area contributed by atoms with E-state index in [2.05, 4.69) is 10.2 Å². The Labute approximate surface area is 135 Å². The number of nitrogens with two attached hydrogens (primary N) is 1. The van der Waals surface area contributed by atoms with Crippen LogP contribution < -0.4 is 10.5 Å². The van der Waals surface area contributed by atoms with Crippen molar-refractivity contribution in [1.29, 1.82) is 0 Å². The van der Waals surface area contributed by atoms with Crippen molar-refractivity contribution in [2.75, 3.05) is 26.1 Å². The van der Waals surface area contributed by atoms with Crippen LogP contribution in [0.5, 0.6) is 5.75 Å². The van der Waals surface area contributed by atoms with Gasteiger partial charge < -0.3 is 15.2 Å². The van der Waals surface area contributed by atoms with Gasteiger partial charge in [0, 0.05) is 23.9 Å². The smallest absolute Gasteiger partial charge is 0.120 e. The summed E-state index contributed by atoms with van der Waals surface area (Å²) < 4.78 is 10.6. The van der Waals surface area contributed by atoms with Gasteiger partial charge in [0.05, 0.1) is 18.0 Å². The molecule has 3 N–H and O–H groups in total. The fraction of sp³-hybridized carbons (Fsp3) is 0.167. The van der Waals surface area contributed by atoms with Crippen molar-refractivity contribution >= 4 is 5.69 Å². The van der Waals surface area contributed by atoms with Crippen LogP contribution in [0.2, 0.25) is 0 Å². The van der Waals surface area contributed by atoms with Gasteiger partial charge in [0.1, 0.15) is 12.4 Å². The molecule has 0 bridgehead atoms. The maximum Gasteiger partial charge on any atom is 0.120 e. The van der Waals surface area contributed by atoms with E-state index in [9.17, 15) is 0 Å². The summed E-state index contributed by atoms with van der Waals surface area (Å²) in [5, 5.41) is 7.43. The van der Waals surface area contributed by atoms with Gasteiger partial charge in [-0.1, -0.05) is 24.3 Å². The second-order valence-electron chi connectivity index (χ2n) is 5.16. The number of rotatable bonds is 6. The first-order valence-corrected chi connectivity index (χ1v) is 7.40. The molecule has 1 aromatic heterocycles. The minimum Gasteiger partial charge on any atom is -0.491 e. The lowest BCUT2D eigenvalue weighted by atomic mass is 10.1.